The van der Waals surface area contributed by atoms with Crippen molar-refractivity contribution in [1.29, 1.82) is 0 Å². The molecule has 0 aromatic carbocycles. The van der Waals surface area contributed by atoms with Gasteiger partial charge in [-0.2, -0.15) is 18.3 Å². The minimum absolute atomic E-state index is 0.139. The molecule has 0 spiro atoms. The molecule has 0 amide bonds. The van der Waals surface area contributed by atoms with Crippen LogP contribution >= 0.6 is 0 Å². The van der Waals surface area contributed by atoms with Gasteiger partial charge in [0.1, 0.15) is 0 Å². The van der Waals surface area contributed by atoms with Gasteiger partial charge in [-0.1, -0.05) is 6.92 Å². The van der Waals surface area contributed by atoms with Crippen molar-refractivity contribution in [2.45, 2.75) is 52.3 Å². The maximum atomic E-state index is 12.7. The lowest BCUT2D eigenvalue weighted by Crippen LogP contribution is -2.12. The van der Waals surface area contributed by atoms with E-state index in [4.69, 9.17) is 0 Å². The molecule has 0 radical (unpaired) electrons. The summed E-state index contributed by atoms with van der Waals surface area (Å²) in [6.07, 6.45) is -1.41. The molecular formula is C12H17F3N2. The zero-order valence-electron chi connectivity index (χ0n) is 10.3. The summed E-state index contributed by atoms with van der Waals surface area (Å²) in [4.78, 5) is 0. The maximum absolute atomic E-state index is 12.7. The summed E-state index contributed by atoms with van der Waals surface area (Å²) in [5, 5.41) is 3.79. The van der Waals surface area contributed by atoms with E-state index in [-0.39, 0.29) is 11.6 Å². The van der Waals surface area contributed by atoms with Crippen molar-refractivity contribution in [3.05, 3.63) is 17.0 Å². The van der Waals surface area contributed by atoms with Crippen molar-refractivity contribution in [3.63, 3.8) is 0 Å². The molecule has 2 rings (SSSR count). The predicted octanol–water partition coefficient (Wildman–Crippen LogP) is 3.88. The first-order chi connectivity index (χ1) is 7.80. The molecule has 1 aromatic heterocycles. The van der Waals surface area contributed by atoms with Crippen LogP contribution in [-0.2, 0) is 6.18 Å². The fourth-order valence-corrected chi connectivity index (χ4v) is 2.62. The molecule has 0 saturated heterocycles. The summed E-state index contributed by atoms with van der Waals surface area (Å²) in [6, 6.07) is 0.139. The molecule has 2 nitrogen and oxygen atoms in total. The molecule has 0 N–H and O–H groups in total. The van der Waals surface area contributed by atoms with E-state index in [0.29, 0.717) is 11.6 Å². The minimum Gasteiger partial charge on any atom is -0.266 e. The van der Waals surface area contributed by atoms with Gasteiger partial charge in [-0.3, -0.25) is 4.68 Å². The van der Waals surface area contributed by atoms with Gasteiger partial charge in [0.25, 0.3) is 0 Å². The summed E-state index contributed by atoms with van der Waals surface area (Å²) >= 11 is 0. The highest BCUT2D eigenvalue weighted by atomic mass is 19.4. The summed E-state index contributed by atoms with van der Waals surface area (Å²) < 4.78 is 39.8. The van der Waals surface area contributed by atoms with Crippen LogP contribution in [0.3, 0.4) is 0 Å². The number of alkyl halides is 3. The Morgan fingerprint density at radius 3 is 2.29 bits per heavy atom. The smallest absolute Gasteiger partial charge is 0.266 e. The second-order valence-electron chi connectivity index (χ2n) is 5.07. The topological polar surface area (TPSA) is 17.8 Å². The first-order valence-electron chi connectivity index (χ1n) is 5.93. The summed E-state index contributed by atoms with van der Waals surface area (Å²) in [5.74, 6) is 0.582. The number of nitrogens with zero attached hydrogens (tertiary/aromatic N) is 2. The zero-order valence-corrected chi connectivity index (χ0v) is 10.3. The molecule has 1 aliphatic carbocycles. The summed E-state index contributed by atoms with van der Waals surface area (Å²) in [6.45, 7) is 5.36. The Hall–Kier alpha value is -1.00. The molecule has 2 unspecified atom stereocenters. The van der Waals surface area contributed by atoms with E-state index in [2.05, 4.69) is 12.0 Å². The van der Waals surface area contributed by atoms with Crippen molar-refractivity contribution in [3.8, 4) is 0 Å². The van der Waals surface area contributed by atoms with Crippen LogP contribution in [0.15, 0.2) is 0 Å². The molecular weight excluding hydrogens is 229 g/mol. The van der Waals surface area contributed by atoms with Gasteiger partial charge in [-0.25, -0.2) is 0 Å². The standard InChI is InChI=1S/C12H17F3N2/c1-7-4-5-10(6-7)17-9(3)8(2)11(16-17)12(13,14)15/h7,10H,4-6H2,1-3H3. The van der Waals surface area contributed by atoms with Crippen LogP contribution in [0.25, 0.3) is 0 Å². The largest absolute Gasteiger partial charge is 0.435 e. The van der Waals surface area contributed by atoms with Crippen molar-refractivity contribution < 1.29 is 13.2 Å². The van der Waals surface area contributed by atoms with Crippen LogP contribution in [0, 0.1) is 19.8 Å². The molecule has 17 heavy (non-hydrogen) atoms. The van der Waals surface area contributed by atoms with Crippen molar-refractivity contribution in [1.82, 2.24) is 9.78 Å². The second kappa shape index (κ2) is 4.03. The lowest BCUT2D eigenvalue weighted by molar-refractivity contribution is -0.142. The van der Waals surface area contributed by atoms with Gasteiger partial charge in [-0.05, 0) is 39.0 Å². The van der Waals surface area contributed by atoms with Gasteiger partial charge in [0.05, 0.1) is 6.04 Å². The van der Waals surface area contributed by atoms with Gasteiger partial charge in [0.2, 0.25) is 0 Å². The third kappa shape index (κ3) is 2.19. The van der Waals surface area contributed by atoms with E-state index >= 15 is 0 Å². The Bertz CT molecular complexity index is 420. The monoisotopic (exact) mass is 246 g/mol. The molecule has 0 bridgehead atoms. The molecule has 1 aliphatic rings. The minimum atomic E-state index is -4.34. The molecule has 5 heteroatoms. The molecule has 1 aromatic rings. The average molecular weight is 246 g/mol. The van der Waals surface area contributed by atoms with Crippen molar-refractivity contribution in [2.75, 3.05) is 0 Å². The highest BCUT2D eigenvalue weighted by Crippen LogP contribution is 2.38. The Balaban J connectivity index is 2.36. The van der Waals surface area contributed by atoms with E-state index in [0.717, 1.165) is 19.3 Å². The molecule has 1 fully saturated rings. The Morgan fingerprint density at radius 1 is 1.24 bits per heavy atom. The molecule has 2 atom stereocenters. The first kappa shape index (κ1) is 12.5. The highest BCUT2D eigenvalue weighted by Gasteiger charge is 2.38. The van der Waals surface area contributed by atoms with Crippen molar-refractivity contribution >= 4 is 0 Å². The van der Waals surface area contributed by atoms with Crippen LogP contribution < -0.4 is 0 Å². The van der Waals surface area contributed by atoms with Gasteiger partial charge in [0.15, 0.2) is 5.69 Å². The van der Waals surface area contributed by atoms with Crippen LogP contribution in [0.2, 0.25) is 0 Å². The Morgan fingerprint density at radius 2 is 1.88 bits per heavy atom. The Kier molecular flexibility index (Phi) is 2.96. The molecule has 1 saturated carbocycles. The Labute approximate surface area is 98.8 Å². The number of hydrogen-bond donors (Lipinski definition) is 0. The highest BCUT2D eigenvalue weighted by molar-refractivity contribution is 5.26. The summed E-state index contributed by atoms with van der Waals surface area (Å²) in [7, 11) is 0. The zero-order chi connectivity index (χ0) is 12.8. The molecule has 1 heterocycles. The van der Waals surface area contributed by atoms with E-state index in [1.807, 2.05) is 0 Å². The van der Waals surface area contributed by atoms with Gasteiger partial charge in [0, 0.05) is 11.3 Å². The van der Waals surface area contributed by atoms with Gasteiger partial charge < -0.3 is 0 Å². The summed E-state index contributed by atoms with van der Waals surface area (Å²) in [5.41, 5.74) is 0.183. The normalized spacial score (nSPS) is 25.5. The van der Waals surface area contributed by atoms with Crippen LogP contribution in [0.4, 0.5) is 13.2 Å². The lowest BCUT2D eigenvalue weighted by Gasteiger charge is -2.12. The maximum Gasteiger partial charge on any atom is 0.435 e. The quantitative estimate of drug-likeness (QED) is 0.735. The number of hydrogen-bond acceptors (Lipinski definition) is 1. The van der Waals surface area contributed by atoms with Crippen LogP contribution in [0.1, 0.15) is 49.2 Å². The predicted molar refractivity (Wildman–Crippen MR) is 58.8 cm³/mol. The fourth-order valence-electron chi connectivity index (χ4n) is 2.62. The fraction of sp³-hybridized carbons (Fsp3) is 0.750. The van der Waals surface area contributed by atoms with Crippen LogP contribution in [0.5, 0.6) is 0 Å². The lowest BCUT2D eigenvalue weighted by atomic mass is 10.1. The third-order valence-corrected chi connectivity index (χ3v) is 3.73. The SMILES string of the molecule is Cc1c(C(F)(F)F)nn(C2CCC(C)C2)c1C. The molecule has 0 aliphatic heterocycles. The van der Waals surface area contributed by atoms with Gasteiger partial charge in [-0.15, -0.1) is 0 Å². The van der Waals surface area contributed by atoms with Crippen LogP contribution in [-0.4, -0.2) is 9.78 Å². The van der Waals surface area contributed by atoms with Gasteiger partial charge >= 0.3 is 6.18 Å². The number of rotatable bonds is 1. The number of halogens is 3. The second-order valence-corrected chi connectivity index (χ2v) is 5.07. The molecule has 96 valence electrons. The van der Waals surface area contributed by atoms with E-state index in [1.54, 1.807) is 11.6 Å². The van der Waals surface area contributed by atoms with E-state index in [9.17, 15) is 13.2 Å². The van der Waals surface area contributed by atoms with Crippen molar-refractivity contribution in [2.24, 2.45) is 5.92 Å². The first-order valence-corrected chi connectivity index (χ1v) is 5.93. The van der Waals surface area contributed by atoms with E-state index < -0.39 is 11.9 Å². The van der Waals surface area contributed by atoms with E-state index in [1.165, 1.54) is 6.92 Å². The average Bonchev–Trinajstić information content (AvgIpc) is 2.73. The number of aromatic nitrogens is 2. The third-order valence-electron chi connectivity index (χ3n) is 3.73.